The molecule has 4 heteroatoms. The zero-order valence-corrected chi connectivity index (χ0v) is 8.01. The molecule has 0 unspecified atom stereocenters. The third-order valence-electron chi connectivity index (χ3n) is 1.98. The van der Waals surface area contributed by atoms with Gasteiger partial charge in [0.05, 0.1) is 10.1 Å². The molecule has 0 radical (unpaired) electrons. The monoisotopic (exact) mass is 205 g/mol. The van der Waals surface area contributed by atoms with Crippen LogP contribution in [0.15, 0.2) is 28.7 Å². The van der Waals surface area contributed by atoms with Crippen molar-refractivity contribution in [1.82, 2.24) is 0 Å². The molecule has 2 aromatic rings. The number of nitrogen functional groups attached to an aromatic ring is 1. The van der Waals surface area contributed by atoms with E-state index in [0.717, 1.165) is 5.39 Å². The zero-order valence-electron chi connectivity index (χ0n) is 7.19. The minimum Gasteiger partial charge on any atom is -0.440 e. The summed E-state index contributed by atoms with van der Waals surface area (Å²) < 4.78 is 5.69. The zero-order chi connectivity index (χ0) is 10.1. The molecule has 0 atom stereocenters. The summed E-state index contributed by atoms with van der Waals surface area (Å²) in [6, 6.07) is 7.21. The van der Waals surface area contributed by atoms with E-state index in [1.165, 1.54) is 0 Å². The Morgan fingerprint density at radius 3 is 2.79 bits per heavy atom. The predicted octanol–water partition coefficient (Wildman–Crippen LogP) is 2.56. The van der Waals surface area contributed by atoms with Gasteiger partial charge in [0.25, 0.3) is 0 Å². The average molecular weight is 205 g/mol. The smallest absolute Gasteiger partial charge is 0.203 e. The Morgan fingerprint density at radius 2 is 2.07 bits per heavy atom. The Bertz CT molecular complexity index is 560. The number of hydrogen-bond acceptors (Lipinski definition) is 4. The summed E-state index contributed by atoms with van der Waals surface area (Å²) in [6.45, 7) is 0. The number of anilines is 1. The molecule has 0 saturated carbocycles. The maximum Gasteiger partial charge on any atom is 0.203 e. The summed E-state index contributed by atoms with van der Waals surface area (Å²) in [5.41, 5.74) is 6.38. The number of nitrogens with two attached hydrogens (primary N) is 1. The quantitative estimate of drug-likeness (QED) is 0.574. The Kier molecular flexibility index (Phi) is 2.05. The largest absolute Gasteiger partial charge is 0.440 e. The van der Waals surface area contributed by atoms with Crippen LogP contribution in [-0.4, -0.2) is 6.29 Å². The Balaban J connectivity index is 3.00. The van der Waals surface area contributed by atoms with E-state index in [1.54, 1.807) is 12.1 Å². The highest BCUT2D eigenvalue weighted by atomic mass is 32.1. The fourth-order valence-electron chi connectivity index (χ4n) is 1.29. The van der Waals surface area contributed by atoms with Gasteiger partial charge in [-0.25, -0.2) is 0 Å². The molecule has 0 aliphatic rings. The van der Waals surface area contributed by atoms with E-state index in [2.05, 4.69) is 0 Å². The van der Waals surface area contributed by atoms with Crippen LogP contribution in [0, 0.1) is 4.51 Å². The standard InChI is InChI=1S/C10H7NO2S/c11-10-7(5-12)9(14)6-3-1-2-4-8(6)13-10/h1-5H,11H2. The molecule has 3 nitrogen and oxygen atoms in total. The second-order valence-corrected chi connectivity index (χ2v) is 3.23. The lowest BCUT2D eigenvalue weighted by molar-refractivity contribution is 0.112. The number of carbonyl (C=O) groups is 1. The number of carbonyl (C=O) groups excluding carboxylic acids is 1. The van der Waals surface area contributed by atoms with Crippen molar-refractivity contribution in [2.45, 2.75) is 0 Å². The highest BCUT2D eigenvalue weighted by molar-refractivity contribution is 7.71. The van der Waals surface area contributed by atoms with Gasteiger partial charge in [0, 0.05) is 5.39 Å². The van der Waals surface area contributed by atoms with Gasteiger partial charge >= 0.3 is 0 Å². The van der Waals surface area contributed by atoms with E-state index in [0.29, 0.717) is 16.4 Å². The lowest BCUT2D eigenvalue weighted by Gasteiger charge is -2.01. The summed E-state index contributed by atoms with van der Waals surface area (Å²) in [7, 11) is 0. The molecule has 0 amide bonds. The molecule has 0 fully saturated rings. The van der Waals surface area contributed by atoms with Crippen LogP contribution in [0.25, 0.3) is 11.0 Å². The molecule has 2 rings (SSSR count). The van der Waals surface area contributed by atoms with Gasteiger partial charge in [-0.3, -0.25) is 4.79 Å². The molecular weight excluding hydrogens is 198 g/mol. The first-order chi connectivity index (χ1) is 6.74. The minimum atomic E-state index is 0.0729. The van der Waals surface area contributed by atoms with Gasteiger partial charge in [-0.15, -0.1) is 0 Å². The molecule has 1 aromatic heterocycles. The number of para-hydroxylation sites is 1. The van der Waals surface area contributed by atoms with Crippen molar-refractivity contribution in [3.05, 3.63) is 34.3 Å². The second-order valence-electron chi connectivity index (χ2n) is 2.82. The maximum atomic E-state index is 10.7. The fourth-order valence-corrected chi connectivity index (χ4v) is 1.60. The second kappa shape index (κ2) is 3.23. The Morgan fingerprint density at radius 1 is 1.36 bits per heavy atom. The van der Waals surface area contributed by atoms with Crippen LogP contribution in [0.1, 0.15) is 10.4 Å². The Labute approximate surface area is 85.1 Å². The van der Waals surface area contributed by atoms with Gasteiger partial charge in [0.2, 0.25) is 5.88 Å². The number of fused-ring (bicyclic) bond motifs is 1. The SMILES string of the molecule is Nc1oc2ccccc2c(=S)c1C=O. The van der Waals surface area contributed by atoms with Crippen LogP contribution >= 0.6 is 12.2 Å². The maximum absolute atomic E-state index is 10.7. The summed E-state index contributed by atoms with van der Waals surface area (Å²) >= 11 is 5.11. The first-order valence-corrected chi connectivity index (χ1v) is 4.41. The molecule has 0 spiro atoms. The van der Waals surface area contributed by atoms with Crippen LogP contribution in [0.2, 0.25) is 0 Å². The molecule has 2 N–H and O–H groups in total. The predicted molar refractivity (Wildman–Crippen MR) is 56.8 cm³/mol. The van der Waals surface area contributed by atoms with Crippen molar-refractivity contribution < 1.29 is 9.21 Å². The average Bonchev–Trinajstić information content (AvgIpc) is 2.18. The van der Waals surface area contributed by atoms with Crippen LogP contribution < -0.4 is 5.73 Å². The first-order valence-electron chi connectivity index (χ1n) is 4.00. The summed E-state index contributed by atoms with van der Waals surface area (Å²) in [5.74, 6) is 0.0729. The van der Waals surface area contributed by atoms with E-state index in [1.807, 2.05) is 12.1 Å². The molecular formula is C10H7NO2S. The van der Waals surface area contributed by atoms with E-state index < -0.39 is 0 Å². The lowest BCUT2D eigenvalue weighted by Crippen LogP contribution is -1.94. The molecule has 14 heavy (non-hydrogen) atoms. The van der Waals surface area contributed by atoms with Crippen molar-refractivity contribution in [2.24, 2.45) is 0 Å². The van der Waals surface area contributed by atoms with Gasteiger partial charge in [-0.2, -0.15) is 0 Å². The number of aldehydes is 1. The topological polar surface area (TPSA) is 56.2 Å². The minimum absolute atomic E-state index is 0.0729. The molecule has 0 aliphatic carbocycles. The highest BCUT2D eigenvalue weighted by Crippen LogP contribution is 2.22. The number of benzene rings is 1. The van der Waals surface area contributed by atoms with Crippen LogP contribution in [0.3, 0.4) is 0 Å². The van der Waals surface area contributed by atoms with E-state index in [-0.39, 0.29) is 11.4 Å². The highest BCUT2D eigenvalue weighted by Gasteiger charge is 2.07. The normalized spacial score (nSPS) is 10.3. The molecule has 0 aliphatic heterocycles. The van der Waals surface area contributed by atoms with Crippen LogP contribution in [0.4, 0.5) is 5.88 Å². The number of rotatable bonds is 1. The third-order valence-corrected chi connectivity index (χ3v) is 2.42. The van der Waals surface area contributed by atoms with Gasteiger partial charge in [0.15, 0.2) is 6.29 Å². The van der Waals surface area contributed by atoms with Crippen LogP contribution in [0.5, 0.6) is 0 Å². The fraction of sp³-hybridized carbons (Fsp3) is 0. The van der Waals surface area contributed by atoms with Crippen molar-refractivity contribution in [3.63, 3.8) is 0 Å². The van der Waals surface area contributed by atoms with Gasteiger partial charge in [0.1, 0.15) is 5.58 Å². The summed E-state index contributed by atoms with van der Waals surface area (Å²) in [6.07, 6.45) is 0.619. The third kappa shape index (κ3) is 1.20. The molecule has 70 valence electrons. The van der Waals surface area contributed by atoms with E-state index >= 15 is 0 Å². The molecule has 0 saturated heterocycles. The van der Waals surface area contributed by atoms with E-state index in [9.17, 15) is 4.79 Å². The van der Waals surface area contributed by atoms with Gasteiger partial charge in [-0.05, 0) is 12.1 Å². The lowest BCUT2D eigenvalue weighted by atomic mass is 10.2. The molecule has 1 heterocycles. The molecule has 0 bridgehead atoms. The molecule has 1 aromatic carbocycles. The van der Waals surface area contributed by atoms with E-state index in [4.69, 9.17) is 22.4 Å². The van der Waals surface area contributed by atoms with Crippen molar-refractivity contribution >= 4 is 35.4 Å². The van der Waals surface area contributed by atoms with Gasteiger partial charge < -0.3 is 10.2 Å². The Hall–Kier alpha value is -1.68. The van der Waals surface area contributed by atoms with Gasteiger partial charge in [-0.1, -0.05) is 24.4 Å². The van der Waals surface area contributed by atoms with Crippen molar-refractivity contribution in [1.29, 1.82) is 0 Å². The van der Waals surface area contributed by atoms with Crippen molar-refractivity contribution in [2.75, 3.05) is 5.73 Å². The summed E-state index contributed by atoms with van der Waals surface area (Å²) in [4.78, 5) is 10.7. The van der Waals surface area contributed by atoms with Crippen LogP contribution in [-0.2, 0) is 0 Å². The number of hydrogen-bond donors (Lipinski definition) is 1. The van der Waals surface area contributed by atoms with Crippen molar-refractivity contribution in [3.8, 4) is 0 Å². The summed E-state index contributed by atoms with van der Waals surface area (Å²) in [5, 5.41) is 0.735. The first kappa shape index (κ1) is 8.90.